The molecule has 6 heteroatoms. The van der Waals surface area contributed by atoms with Crippen LogP contribution in [0.25, 0.3) is 0 Å². The largest absolute Gasteiger partial charge is 0.378 e. The monoisotopic (exact) mass is 351 g/mol. The molecule has 0 amide bonds. The van der Waals surface area contributed by atoms with Gasteiger partial charge in [0, 0.05) is 50.3 Å². The second-order valence-electron chi connectivity index (χ2n) is 8.08. The third-order valence-electron chi connectivity index (χ3n) is 6.53. The maximum atomic E-state index is 5.98. The molecule has 0 radical (unpaired) electrons. The van der Waals surface area contributed by atoms with Crippen LogP contribution in [0.1, 0.15) is 39.5 Å². The summed E-state index contributed by atoms with van der Waals surface area (Å²) in [6.07, 6.45) is 5.50. The van der Waals surface area contributed by atoms with Gasteiger partial charge in [0.15, 0.2) is 5.96 Å². The van der Waals surface area contributed by atoms with E-state index in [1.807, 2.05) is 0 Å². The molecular formula is C19H37N5O. The van der Waals surface area contributed by atoms with Gasteiger partial charge in [-0.05, 0) is 47.2 Å². The normalized spacial score (nSPS) is 33.0. The summed E-state index contributed by atoms with van der Waals surface area (Å²) in [6.45, 7) is 10.2. The van der Waals surface area contributed by atoms with Gasteiger partial charge in [0.05, 0.1) is 12.6 Å². The molecule has 144 valence electrons. The highest BCUT2D eigenvalue weighted by atomic mass is 16.5. The Hall–Kier alpha value is -0.850. The van der Waals surface area contributed by atoms with Gasteiger partial charge in [-0.15, -0.1) is 0 Å². The Morgan fingerprint density at radius 1 is 1.24 bits per heavy atom. The van der Waals surface area contributed by atoms with E-state index in [9.17, 15) is 0 Å². The minimum absolute atomic E-state index is 0.369. The minimum atomic E-state index is 0.369. The van der Waals surface area contributed by atoms with Crippen LogP contribution in [0.4, 0.5) is 0 Å². The standard InChI is InChI=1S/C19H37N5O/c1-5-20-18(21-13-15-14-23(3)10-11-24(15)4)22-16-12-17(25-6-2)19(16)8-7-9-19/h15-17H,5-14H2,1-4H3,(H2,20,21,22). The molecule has 0 bridgehead atoms. The van der Waals surface area contributed by atoms with Crippen molar-refractivity contribution < 1.29 is 4.74 Å². The molecular weight excluding hydrogens is 314 g/mol. The Morgan fingerprint density at radius 2 is 2.04 bits per heavy atom. The van der Waals surface area contributed by atoms with E-state index in [-0.39, 0.29) is 0 Å². The minimum Gasteiger partial charge on any atom is -0.378 e. The zero-order chi connectivity index (χ0) is 17.9. The molecule has 3 fully saturated rings. The Bertz CT molecular complexity index is 465. The van der Waals surface area contributed by atoms with Gasteiger partial charge in [0.25, 0.3) is 0 Å². The van der Waals surface area contributed by atoms with E-state index in [4.69, 9.17) is 9.73 Å². The van der Waals surface area contributed by atoms with Gasteiger partial charge in [-0.2, -0.15) is 0 Å². The number of rotatable bonds is 6. The van der Waals surface area contributed by atoms with E-state index in [1.54, 1.807) is 0 Å². The van der Waals surface area contributed by atoms with Crippen molar-refractivity contribution in [1.82, 2.24) is 20.4 Å². The zero-order valence-corrected chi connectivity index (χ0v) is 16.6. The lowest BCUT2D eigenvalue weighted by Gasteiger charge is -2.61. The number of piperazine rings is 1. The average molecular weight is 352 g/mol. The molecule has 3 aliphatic rings. The lowest BCUT2D eigenvalue weighted by atomic mass is 9.51. The van der Waals surface area contributed by atoms with Crippen molar-refractivity contribution >= 4 is 5.96 Å². The van der Waals surface area contributed by atoms with Crippen molar-refractivity contribution in [3.05, 3.63) is 0 Å². The summed E-state index contributed by atoms with van der Waals surface area (Å²) in [5, 5.41) is 7.17. The smallest absolute Gasteiger partial charge is 0.191 e. The van der Waals surface area contributed by atoms with Gasteiger partial charge in [-0.25, -0.2) is 0 Å². The summed E-state index contributed by atoms with van der Waals surface area (Å²) in [6, 6.07) is 1.02. The first-order valence-electron chi connectivity index (χ1n) is 10.1. The van der Waals surface area contributed by atoms with E-state index in [0.717, 1.165) is 51.7 Å². The van der Waals surface area contributed by atoms with Crippen molar-refractivity contribution in [1.29, 1.82) is 0 Å². The number of likely N-dealkylation sites (N-methyl/N-ethyl adjacent to an activating group) is 2. The second kappa shape index (κ2) is 8.23. The zero-order valence-electron chi connectivity index (χ0n) is 16.6. The van der Waals surface area contributed by atoms with E-state index in [1.165, 1.54) is 19.3 Å². The van der Waals surface area contributed by atoms with Crippen LogP contribution in [-0.2, 0) is 4.74 Å². The van der Waals surface area contributed by atoms with E-state index >= 15 is 0 Å². The van der Waals surface area contributed by atoms with Crippen LogP contribution in [0, 0.1) is 5.41 Å². The molecule has 3 atom stereocenters. The molecule has 25 heavy (non-hydrogen) atoms. The SMILES string of the molecule is CCNC(=NCC1CN(C)CCN1C)NC1CC(OCC)C12CCC2. The third-order valence-corrected chi connectivity index (χ3v) is 6.53. The highest BCUT2D eigenvalue weighted by Gasteiger charge is 2.59. The predicted molar refractivity (Wildman–Crippen MR) is 103 cm³/mol. The fourth-order valence-corrected chi connectivity index (χ4v) is 4.62. The van der Waals surface area contributed by atoms with Crippen LogP contribution in [0.3, 0.4) is 0 Å². The lowest BCUT2D eigenvalue weighted by molar-refractivity contribution is -0.168. The first-order chi connectivity index (χ1) is 12.1. The van der Waals surface area contributed by atoms with Gasteiger partial charge in [0.1, 0.15) is 0 Å². The number of aliphatic imine (C=N–C) groups is 1. The van der Waals surface area contributed by atoms with Gasteiger partial charge < -0.3 is 20.3 Å². The summed E-state index contributed by atoms with van der Waals surface area (Å²) in [7, 11) is 4.42. The van der Waals surface area contributed by atoms with Gasteiger partial charge >= 0.3 is 0 Å². The van der Waals surface area contributed by atoms with Crippen LogP contribution < -0.4 is 10.6 Å². The molecule has 2 saturated carbocycles. The quantitative estimate of drug-likeness (QED) is 0.555. The molecule has 0 aromatic rings. The van der Waals surface area contributed by atoms with Crippen LogP contribution in [0.5, 0.6) is 0 Å². The Balaban J connectivity index is 1.58. The topological polar surface area (TPSA) is 52.1 Å². The molecule has 0 aromatic heterocycles. The van der Waals surface area contributed by atoms with Gasteiger partial charge in [-0.3, -0.25) is 9.89 Å². The van der Waals surface area contributed by atoms with Gasteiger partial charge in [-0.1, -0.05) is 6.42 Å². The van der Waals surface area contributed by atoms with Crippen LogP contribution in [0.15, 0.2) is 4.99 Å². The molecule has 1 heterocycles. The fraction of sp³-hybridized carbons (Fsp3) is 0.947. The van der Waals surface area contributed by atoms with Crippen LogP contribution >= 0.6 is 0 Å². The molecule has 1 aliphatic heterocycles. The molecule has 2 N–H and O–H groups in total. The van der Waals surface area contributed by atoms with Crippen molar-refractivity contribution in [2.24, 2.45) is 10.4 Å². The molecule has 2 aliphatic carbocycles. The summed E-state index contributed by atoms with van der Waals surface area (Å²) >= 11 is 0. The van der Waals surface area contributed by atoms with E-state index in [0.29, 0.717) is 23.6 Å². The van der Waals surface area contributed by atoms with E-state index < -0.39 is 0 Å². The number of nitrogens with one attached hydrogen (secondary N) is 2. The van der Waals surface area contributed by atoms with Crippen LogP contribution in [0.2, 0.25) is 0 Å². The van der Waals surface area contributed by atoms with Crippen molar-refractivity contribution in [3.8, 4) is 0 Å². The first kappa shape index (κ1) is 18.9. The van der Waals surface area contributed by atoms with E-state index in [2.05, 4.69) is 48.4 Å². The number of guanidine groups is 1. The number of hydrogen-bond acceptors (Lipinski definition) is 4. The Labute approximate surface area is 153 Å². The predicted octanol–water partition coefficient (Wildman–Crippen LogP) is 1.14. The molecule has 1 spiro atoms. The molecule has 1 saturated heterocycles. The van der Waals surface area contributed by atoms with Crippen LogP contribution in [-0.4, -0.2) is 87.4 Å². The van der Waals surface area contributed by atoms with Crippen molar-refractivity contribution in [2.75, 3.05) is 53.4 Å². The lowest BCUT2D eigenvalue weighted by Crippen LogP contribution is -2.68. The summed E-state index contributed by atoms with van der Waals surface area (Å²) < 4.78 is 5.98. The summed E-state index contributed by atoms with van der Waals surface area (Å²) in [4.78, 5) is 9.77. The van der Waals surface area contributed by atoms with Gasteiger partial charge in [0.2, 0.25) is 0 Å². The third kappa shape index (κ3) is 3.96. The molecule has 0 aromatic carbocycles. The molecule has 3 rings (SSSR count). The Morgan fingerprint density at radius 3 is 2.68 bits per heavy atom. The molecule has 6 nitrogen and oxygen atoms in total. The number of nitrogens with zero attached hydrogens (tertiary/aromatic N) is 3. The average Bonchev–Trinajstić information content (AvgIpc) is 2.52. The van der Waals surface area contributed by atoms with Crippen molar-refractivity contribution in [3.63, 3.8) is 0 Å². The maximum absolute atomic E-state index is 5.98. The summed E-state index contributed by atoms with van der Waals surface area (Å²) in [5.74, 6) is 0.982. The fourth-order valence-electron chi connectivity index (χ4n) is 4.62. The highest BCUT2D eigenvalue weighted by molar-refractivity contribution is 5.80. The second-order valence-corrected chi connectivity index (χ2v) is 8.08. The first-order valence-corrected chi connectivity index (χ1v) is 10.1. The summed E-state index contributed by atoms with van der Waals surface area (Å²) in [5.41, 5.74) is 0.369. The van der Waals surface area contributed by atoms with Crippen molar-refractivity contribution in [2.45, 2.75) is 57.7 Å². The maximum Gasteiger partial charge on any atom is 0.191 e. The number of ether oxygens (including phenoxy) is 1. The molecule has 3 unspecified atom stereocenters. The Kier molecular flexibility index (Phi) is 6.23. The number of hydrogen-bond donors (Lipinski definition) is 2. The highest BCUT2D eigenvalue weighted by Crippen LogP contribution is 2.57.